The average Bonchev–Trinajstić information content (AvgIpc) is 2.41. The minimum atomic E-state index is -1.09. The van der Waals surface area contributed by atoms with Gasteiger partial charge in [0.1, 0.15) is 0 Å². The van der Waals surface area contributed by atoms with Crippen molar-refractivity contribution in [2.24, 2.45) is 5.92 Å². The molecular weight excluding hydrogens is 256 g/mol. The summed E-state index contributed by atoms with van der Waals surface area (Å²) < 4.78 is 25.9. The highest BCUT2D eigenvalue weighted by molar-refractivity contribution is 5.94. The summed E-state index contributed by atoms with van der Waals surface area (Å²) in [7, 11) is 0. The van der Waals surface area contributed by atoms with E-state index < -0.39 is 29.4 Å². The summed E-state index contributed by atoms with van der Waals surface area (Å²) in [5.41, 5.74) is 0.0324. The van der Waals surface area contributed by atoms with Crippen LogP contribution in [0.4, 0.5) is 8.78 Å². The summed E-state index contributed by atoms with van der Waals surface area (Å²) in [5, 5.41) is 8.94. The van der Waals surface area contributed by atoms with Crippen molar-refractivity contribution >= 4 is 11.9 Å². The zero-order valence-electron chi connectivity index (χ0n) is 10.1. The van der Waals surface area contributed by atoms with Gasteiger partial charge < -0.3 is 10.0 Å². The van der Waals surface area contributed by atoms with Gasteiger partial charge in [0.05, 0.1) is 5.92 Å². The molecule has 0 aromatic heterocycles. The number of hydrogen-bond donors (Lipinski definition) is 1. The van der Waals surface area contributed by atoms with Crippen LogP contribution in [0.5, 0.6) is 0 Å². The number of nitrogens with zero attached hydrogens (tertiary/aromatic N) is 1. The van der Waals surface area contributed by atoms with Crippen LogP contribution in [-0.2, 0) is 4.79 Å². The average molecular weight is 269 g/mol. The van der Waals surface area contributed by atoms with E-state index in [1.54, 1.807) is 0 Å². The number of carbonyl (C=O) groups excluding carboxylic acids is 1. The molecule has 1 heterocycles. The van der Waals surface area contributed by atoms with Crippen LogP contribution in [-0.4, -0.2) is 35.0 Å². The number of carboxylic acid groups (broad SMARTS) is 1. The van der Waals surface area contributed by atoms with E-state index in [0.29, 0.717) is 19.4 Å². The SMILES string of the molecule is O=C(O)[C@H]1CCCN(C(=O)c2ccc(F)c(F)c2)C1. The molecule has 6 heteroatoms. The summed E-state index contributed by atoms with van der Waals surface area (Å²) in [4.78, 5) is 24.4. The number of piperidine rings is 1. The molecule has 19 heavy (non-hydrogen) atoms. The number of rotatable bonds is 2. The van der Waals surface area contributed by atoms with E-state index in [-0.39, 0.29) is 12.1 Å². The number of aliphatic carboxylic acids is 1. The molecule has 1 fully saturated rings. The highest BCUT2D eigenvalue weighted by Crippen LogP contribution is 2.19. The van der Waals surface area contributed by atoms with Crippen molar-refractivity contribution in [1.82, 2.24) is 4.90 Å². The molecule has 1 amide bonds. The molecule has 1 saturated heterocycles. The number of carbonyl (C=O) groups is 2. The van der Waals surface area contributed by atoms with Gasteiger partial charge in [0.15, 0.2) is 11.6 Å². The summed E-state index contributed by atoms with van der Waals surface area (Å²) in [6.07, 6.45) is 1.11. The van der Waals surface area contributed by atoms with Crippen molar-refractivity contribution in [2.75, 3.05) is 13.1 Å². The van der Waals surface area contributed by atoms with Gasteiger partial charge in [-0.25, -0.2) is 8.78 Å². The highest BCUT2D eigenvalue weighted by atomic mass is 19.2. The van der Waals surface area contributed by atoms with Crippen LogP contribution >= 0.6 is 0 Å². The van der Waals surface area contributed by atoms with Crippen molar-refractivity contribution < 1.29 is 23.5 Å². The predicted octanol–water partition coefficient (Wildman–Crippen LogP) is 1.90. The molecule has 0 radical (unpaired) electrons. The van der Waals surface area contributed by atoms with E-state index in [2.05, 4.69) is 0 Å². The first-order valence-electron chi connectivity index (χ1n) is 5.96. The van der Waals surface area contributed by atoms with Gasteiger partial charge in [-0.15, -0.1) is 0 Å². The molecule has 1 aliphatic rings. The van der Waals surface area contributed by atoms with Crippen LogP contribution < -0.4 is 0 Å². The molecule has 1 N–H and O–H groups in total. The molecule has 102 valence electrons. The third kappa shape index (κ3) is 2.89. The number of halogens is 2. The van der Waals surface area contributed by atoms with Crippen molar-refractivity contribution in [2.45, 2.75) is 12.8 Å². The van der Waals surface area contributed by atoms with E-state index in [4.69, 9.17) is 5.11 Å². The Morgan fingerprint density at radius 1 is 1.26 bits per heavy atom. The normalized spacial score (nSPS) is 19.3. The summed E-state index contributed by atoms with van der Waals surface area (Å²) in [6.45, 7) is 0.536. The molecule has 0 bridgehead atoms. The smallest absolute Gasteiger partial charge is 0.308 e. The molecule has 1 aliphatic heterocycles. The summed E-state index contributed by atoms with van der Waals surface area (Å²) >= 11 is 0. The standard InChI is InChI=1S/C13H13F2NO3/c14-10-4-3-8(6-11(10)15)12(17)16-5-1-2-9(7-16)13(18)19/h3-4,6,9H,1-2,5,7H2,(H,18,19)/t9-/m0/s1. The molecule has 2 rings (SSSR count). The first-order chi connectivity index (χ1) is 8.99. The number of carboxylic acids is 1. The minimum Gasteiger partial charge on any atom is -0.481 e. The van der Waals surface area contributed by atoms with Crippen molar-refractivity contribution in [1.29, 1.82) is 0 Å². The Morgan fingerprint density at radius 3 is 2.63 bits per heavy atom. The Balaban J connectivity index is 2.14. The van der Waals surface area contributed by atoms with Crippen molar-refractivity contribution in [3.63, 3.8) is 0 Å². The molecule has 1 atom stereocenters. The maximum Gasteiger partial charge on any atom is 0.308 e. The van der Waals surface area contributed by atoms with Crippen LogP contribution in [0.1, 0.15) is 23.2 Å². The Morgan fingerprint density at radius 2 is 2.00 bits per heavy atom. The maximum absolute atomic E-state index is 13.1. The lowest BCUT2D eigenvalue weighted by Gasteiger charge is -2.30. The Bertz CT molecular complexity index is 519. The third-order valence-corrected chi connectivity index (χ3v) is 3.22. The van der Waals surface area contributed by atoms with Gasteiger partial charge in [0, 0.05) is 18.7 Å². The zero-order chi connectivity index (χ0) is 14.0. The molecule has 1 aromatic carbocycles. The number of amides is 1. The maximum atomic E-state index is 13.1. The second-order valence-corrected chi connectivity index (χ2v) is 4.56. The molecule has 0 unspecified atom stereocenters. The largest absolute Gasteiger partial charge is 0.481 e. The molecule has 0 saturated carbocycles. The molecule has 4 nitrogen and oxygen atoms in total. The fourth-order valence-electron chi connectivity index (χ4n) is 2.17. The van der Waals surface area contributed by atoms with Crippen LogP contribution in [0.15, 0.2) is 18.2 Å². The van der Waals surface area contributed by atoms with Crippen LogP contribution in [0.25, 0.3) is 0 Å². The van der Waals surface area contributed by atoms with E-state index in [9.17, 15) is 18.4 Å². The van der Waals surface area contributed by atoms with E-state index >= 15 is 0 Å². The Labute approximate surface area is 108 Å². The second kappa shape index (κ2) is 5.34. The first-order valence-corrected chi connectivity index (χ1v) is 5.96. The molecule has 0 spiro atoms. The quantitative estimate of drug-likeness (QED) is 0.892. The van der Waals surface area contributed by atoms with Gasteiger partial charge in [-0.05, 0) is 31.0 Å². The highest BCUT2D eigenvalue weighted by Gasteiger charge is 2.28. The van der Waals surface area contributed by atoms with Gasteiger partial charge in [-0.3, -0.25) is 9.59 Å². The van der Waals surface area contributed by atoms with Crippen LogP contribution in [0, 0.1) is 17.6 Å². The molecule has 0 aliphatic carbocycles. The predicted molar refractivity (Wildman–Crippen MR) is 62.6 cm³/mol. The fourth-order valence-corrected chi connectivity index (χ4v) is 2.17. The lowest BCUT2D eigenvalue weighted by Crippen LogP contribution is -2.42. The second-order valence-electron chi connectivity index (χ2n) is 4.56. The molecular formula is C13H13F2NO3. The van der Waals surface area contributed by atoms with Crippen LogP contribution in [0.2, 0.25) is 0 Å². The van der Waals surface area contributed by atoms with Crippen molar-refractivity contribution in [3.8, 4) is 0 Å². The number of hydrogen-bond acceptors (Lipinski definition) is 2. The van der Waals surface area contributed by atoms with E-state index in [1.165, 1.54) is 11.0 Å². The molecule has 1 aromatic rings. The van der Waals surface area contributed by atoms with E-state index in [1.807, 2.05) is 0 Å². The lowest BCUT2D eigenvalue weighted by atomic mass is 9.97. The third-order valence-electron chi connectivity index (χ3n) is 3.22. The summed E-state index contributed by atoms with van der Waals surface area (Å²) in [5.74, 6) is -4.10. The minimum absolute atomic E-state index is 0.0324. The topological polar surface area (TPSA) is 57.6 Å². The lowest BCUT2D eigenvalue weighted by molar-refractivity contribution is -0.143. The monoisotopic (exact) mass is 269 g/mol. The van der Waals surface area contributed by atoms with Gasteiger partial charge in [0.25, 0.3) is 5.91 Å². The van der Waals surface area contributed by atoms with E-state index in [0.717, 1.165) is 12.1 Å². The van der Waals surface area contributed by atoms with Crippen molar-refractivity contribution in [3.05, 3.63) is 35.4 Å². The number of likely N-dealkylation sites (tertiary alicyclic amines) is 1. The van der Waals surface area contributed by atoms with Gasteiger partial charge in [-0.2, -0.15) is 0 Å². The fraction of sp³-hybridized carbons (Fsp3) is 0.385. The van der Waals surface area contributed by atoms with Gasteiger partial charge >= 0.3 is 5.97 Å². The number of benzene rings is 1. The Hall–Kier alpha value is -1.98. The van der Waals surface area contributed by atoms with Gasteiger partial charge in [-0.1, -0.05) is 0 Å². The Kier molecular flexibility index (Phi) is 3.78. The first kappa shape index (κ1) is 13.5. The summed E-state index contributed by atoms with van der Waals surface area (Å²) in [6, 6.07) is 2.92. The van der Waals surface area contributed by atoms with Gasteiger partial charge in [0.2, 0.25) is 0 Å². The zero-order valence-corrected chi connectivity index (χ0v) is 10.1. The van der Waals surface area contributed by atoms with Crippen LogP contribution in [0.3, 0.4) is 0 Å².